The molecule has 0 unspecified atom stereocenters. The predicted molar refractivity (Wildman–Crippen MR) is 90.3 cm³/mol. The van der Waals surface area contributed by atoms with Gasteiger partial charge in [0.1, 0.15) is 5.75 Å². The van der Waals surface area contributed by atoms with Crippen molar-refractivity contribution in [1.82, 2.24) is 10.2 Å². The minimum Gasteiger partial charge on any atom is -0.496 e. The lowest BCUT2D eigenvalue weighted by atomic mass is 10.0. The van der Waals surface area contributed by atoms with Gasteiger partial charge in [-0.3, -0.25) is 4.79 Å². The van der Waals surface area contributed by atoms with Gasteiger partial charge in [0.25, 0.3) is 0 Å². The van der Waals surface area contributed by atoms with Crippen molar-refractivity contribution in [2.75, 3.05) is 27.2 Å². The highest BCUT2D eigenvalue weighted by Gasteiger charge is 2.21. The van der Waals surface area contributed by atoms with Gasteiger partial charge in [-0.25, -0.2) is 0 Å². The van der Waals surface area contributed by atoms with Crippen LogP contribution >= 0.6 is 28.3 Å². The minimum atomic E-state index is 0. The zero-order chi connectivity index (χ0) is 14.5. The lowest BCUT2D eigenvalue weighted by Crippen LogP contribution is -2.44. The third-order valence-corrected chi connectivity index (χ3v) is 4.45. The van der Waals surface area contributed by atoms with E-state index in [1.807, 2.05) is 30.1 Å². The smallest absolute Gasteiger partial charge is 0.226 e. The molecule has 1 aromatic rings. The van der Waals surface area contributed by atoms with Crippen molar-refractivity contribution in [1.29, 1.82) is 0 Å². The van der Waals surface area contributed by atoms with Crippen LogP contribution in [-0.2, 0) is 11.2 Å². The van der Waals surface area contributed by atoms with Gasteiger partial charge in [-0.1, -0.05) is 6.07 Å². The van der Waals surface area contributed by atoms with E-state index in [1.165, 1.54) is 0 Å². The van der Waals surface area contributed by atoms with Crippen LogP contribution in [0.1, 0.15) is 18.4 Å². The molecule has 2 rings (SSSR count). The second-order valence-corrected chi connectivity index (χ2v) is 5.94. The summed E-state index contributed by atoms with van der Waals surface area (Å²) in [6.45, 7) is 1.70. The number of piperidine rings is 1. The molecule has 0 atom stereocenters. The van der Waals surface area contributed by atoms with Gasteiger partial charge in [-0.05, 0) is 53.5 Å². The molecule has 0 aromatic heterocycles. The second kappa shape index (κ2) is 8.61. The number of halogens is 2. The van der Waals surface area contributed by atoms with Crippen LogP contribution in [0.25, 0.3) is 0 Å². The quantitative estimate of drug-likeness (QED) is 0.877. The Hall–Kier alpha value is -0.780. The minimum absolute atomic E-state index is 0. The van der Waals surface area contributed by atoms with Crippen molar-refractivity contribution in [3.05, 3.63) is 28.2 Å². The van der Waals surface area contributed by atoms with Gasteiger partial charge in [0.2, 0.25) is 5.91 Å². The van der Waals surface area contributed by atoms with E-state index in [9.17, 15) is 4.79 Å². The molecule has 0 radical (unpaired) electrons. The number of benzene rings is 1. The molecule has 1 N–H and O–H groups in total. The molecule has 0 saturated carbocycles. The number of carbonyl (C=O) groups excluding carboxylic acids is 1. The molecule has 1 saturated heterocycles. The van der Waals surface area contributed by atoms with Gasteiger partial charge >= 0.3 is 0 Å². The SMILES string of the molecule is CNC1CCN(C(=O)Cc2ccc(OC)c(Br)c2)CC1.Cl. The number of ether oxygens (including phenoxy) is 1. The molecule has 0 spiro atoms. The molecule has 1 amide bonds. The van der Waals surface area contributed by atoms with Crippen molar-refractivity contribution < 1.29 is 9.53 Å². The van der Waals surface area contributed by atoms with Crippen molar-refractivity contribution >= 4 is 34.2 Å². The molecule has 0 bridgehead atoms. The molecule has 1 aliphatic rings. The summed E-state index contributed by atoms with van der Waals surface area (Å²) < 4.78 is 6.08. The first-order valence-corrected chi connectivity index (χ1v) is 7.70. The largest absolute Gasteiger partial charge is 0.496 e. The van der Waals surface area contributed by atoms with Gasteiger partial charge in [-0.2, -0.15) is 0 Å². The van der Waals surface area contributed by atoms with Gasteiger partial charge in [0.15, 0.2) is 0 Å². The number of hydrogen-bond donors (Lipinski definition) is 1. The van der Waals surface area contributed by atoms with E-state index in [-0.39, 0.29) is 18.3 Å². The number of likely N-dealkylation sites (tertiary alicyclic amines) is 1. The number of nitrogens with one attached hydrogen (secondary N) is 1. The van der Waals surface area contributed by atoms with Crippen LogP contribution in [0.15, 0.2) is 22.7 Å². The summed E-state index contributed by atoms with van der Waals surface area (Å²) in [6, 6.07) is 6.34. The fraction of sp³-hybridized carbons (Fsp3) is 0.533. The Labute approximate surface area is 140 Å². The van der Waals surface area contributed by atoms with Crippen LogP contribution < -0.4 is 10.1 Å². The van der Waals surface area contributed by atoms with Crippen molar-refractivity contribution in [2.45, 2.75) is 25.3 Å². The Kier molecular flexibility index (Phi) is 7.49. The third kappa shape index (κ3) is 4.87. The maximum absolute atomic E-state index is 12.3. The normalized spacial score (nSPS) is 15.5. The van der Waals surface area contributed by atoms with Crippen LogP contribution in [0.4, 0.5) is 0 Å². The average molecular weight is 378 g/mol. The number of nitrogens with zero attached hydrogens (tertiary/aromatic N) is 1. The molecule has 21 heavy (non-hydrogen) atoms. The van der Waals surface area contributed by atoms with E-state index in [0.717, 1.165) is 41.7 Å². The average Bonchev–Trinajstić information content (AvgIpc) is 2.47. The maximum atomic E-state index is 12.3. The number of carbonyl (C=O) groups is 1. The Morgan fingerprint density at radius 2 is 2.10 bits per heavy atom. The zero-order valence-corrected chi connectivity index (χ0v) is 14.8. The summed E-state index contributed by atoms with van der Waals surface area (Å²) in [5.41, 5.74) is 1.01. The van der Waals surface area contributed by atoms with Gasteiger partial charge in [0.05, 0.1) is 18.0 Å². The molecule has 1 fully saturated rings. The monoisotopic (exact) mass is 376 g/mol. The lowest BCUT2D eigenvalue weighted by molar-refractivity contribution is -0.131. The summed E-state index contributed by atoms with van der Waals surface area (Å²) in [6.07, 6.45) is 2.52. The van der Waals surface area contributed by atoms with Crippen molar-refractivity contribution in [2.24, 2.45) is 0 Å². The lowest BCUT2D eigenvalue weighted by Gasteiger charge is -2.32. The van der Waals surface area contributed by atoms with E-state index in [0.29, 0.717) is 12.5 Å². The Balaban J connectivity index is 0.00000220. The Morgan fingerprint density at radius 1 is 1.43 bits per heavy atom. The van der Waals surface area contributed by atoms with Crippen LogP contribution in [0.2, 0.25) is 0 Å². The molecule has 0 aliphatic carbocycles. The topological polar surface area (TPSA) is 41.6 Å². The summed E-state index contributed by atoms with van der Waals surface area (Å²) in [5, 5.41) is 3.28. The summed E-state index contributed by atoms with van der Waals surface area (Å²) in [5.74, 6) is 0.993. The van der Waals surface area contributed by atoms with Gasteiger partial charge in [-0.15, -0.1) is 12.4 Å². The van der Waals surface area contributed by atoms with E-state index in [2.05, 4.69) is 21.2 Å². The summed E-state index contributed by atoms with van der Waals surface area (Å²) >= 11 is 3.45. The van der Waals surface area contributed by atoms with Crippen LogP contribution in [0.3, 0.4) is 0 Å². The van der Waals surface area contributed by atoms with Crippen LogP contribution in [-0.4, -0.2) is 44.1 Å². The molecule has 118 valence electrons. The third-order valence-electron chi connectivity index (χ3n) is 3.83. The highest BCUT2D eigenvalue weighted by atomic mass is 79.9. The fourth-order valence-electron chi connectivity index (χ4n) is 2.52. The maximum Gasteiger partial charge on any atom is 0.226 e. The first kappa shape index (κ1) is 18.3. The van der Waals surface area contributed by atoms with E-state index in [4.69, 9.17) is 4.74 Å². The van der Waals surface area contributed by atoms with Gasteiger partial charge in [0, 0.05) is 19.1 Å². The van der Waals surface area contributed by atoms with E-state index < -0.39 is 0 Å². The molecule has 1 aromatic carbocycles. The second-order valence-electron chi connectivity index (χ2n) is 5.09. The number of methoxy groups -OCH3 is 1. The highest BCUT2D eigenvalue weighted by Crippen LogP contribution is 2.26. The van der Waals surface area contributed by atoms with E-state index >= 15 is 0 Å². The van der Waals surface area contributed by atoms with Crippen molar-refractivity contribution in [3.8, 4) is 5.75 Å². The molecule has 1 heterocycles. The highest BCUT2D eigenvalue weighted by molar-refractivity contribution is 9.10. The molecule has 1 aliphatic heterocycles. The van der Waals surface area contributed by atoms with E-state index in [1.54, 1.807) is 7.11 Å². The van der Waals surface area contributed by atoms with Gasteiger partial charge < -0.3 is 15.0 Å². The number of hydrogen-bond acceptors (Lipinski definition) is 3. The molecule has 4 nitrogen and oxygen atoms in total. The van der Waals surface area contributed by atoms with Crippen LogP contribution in [0, 0.1) is 0 Å². The number of amides is 1. The molecular weight excluding hydrogens is 356 g/mol. The van der Waals surface area contributed by atoms with Crippen molar-refractivity contribution in [3.63, 3.8) is 0 Å². The van der Waals surface area contributed by atoms with Crippen LogP contribution in [0.5, 0.6) is 5.75 Å². The Bertz CT molecular complexity index is 477. The first-order chi connectivity index (χ1) is 9.63. The predicted octanol–water partition coefficient (Wildman–Crippen LogP) is 2.63. The summed E-state index contributed by atoms with van der Waals surface area (Å²) in [4.78, 5) is 14.3. The number of rotatable bonds is 4. The summed E-state index contributed by atoms with van der Waals surface area (Å²) in [7, 11) is 3.62. The molecule has 6 heteroatoms. The fourth-order valence-corrected chi connectivity index (χ4v) is 3.11. The molecular formula is C15H22BrClN2O2. The Morgan fingerprint density at radius 3 is 2.62 bits per heavy atom. The standard InChI is InChI=1S/C15H21BrN2O2.ClH/c1-17-12-5-7-18(8-6-12)15(19)10-11-3-4-14(20-2)13(16)9-11;/h3-4,9,12,17H,5-8,10H2,1-2H3;1H. The first-order valence-electron chi connectivity index (χ1n) is 6.91. The zero-order valence-electron chi connectivity index (χ0n) is 12.4.